The molecule has 162 valence electrons. The molecule has 0 amide bonds. The molecule has 0 saturated heterocycles. The number of esters is 1. The van der Waals surface area contributed by atoms with Crippen LogP contribution in [0.2, 0.25) is 0 Å². The van der Waals surface area contributed by atoms with E-state index in [0.29, 0.717) is 5.71 Å². The molecule has 6 nitrogen and oxygen atoms in total. The van der Waals surface area contributed by atoms with Crippen molar-refractivity contribution in [2.75, 3.05) is 0 Å². The molecule has 0 aromatic heterocycles. The molecule has 0 aliphatic carbocycles. The van der Waals surface area contributed by atoms with Crippen molar-refractivity contribution in [2.24, 2.45) is 4.99 Å². The monoisotopic (exact) mass is 428 g/mol. The van der Waals surface area contributed by atoms with Crippen LogP contribution in [0.15, 0.2) is 89.9 Å². The number of hydrogen-bond acceptors (Lipinski definition) is 5. The fourth-order valence-electron chi connectivity index (χ4n) is 4.67. The normalized spacial score (nSPS) is 21.6. The minimum atomic E-state index is -1.05. The van der Waals surface area contributed by atoms with Crippen LogP contribution in [0, 0.1) is 10.1 Å². The molecular formula is C26H24N2O4. The average molecular weight is 428 g/mol. The summed E-state index contributed by atoms with van der Waals surface area (Å²) in [5.74, 6) is -0.780. The van der Waals surface area contributed by atoms with Crippen molar-refractivity contribution in [3.8, 4) is 0 Å². The van der Waals surface area contributed by atoms with Gasteiger partial charge in [-0.1, -0.05) is 60.7 Å². The quantitative estimate of drug-likeness (QED) is 0.302. The van der Waals surface area contributed by atoms with E-state index in [-0.39, 0.29) is 17.2 Å². The van der Waals surface area contributed by atoms with E-state index in [0.717, 1.165) is 11.1 Å². The first-order chi connectivity index (χ1) is 15.2. The summed E-state index contributed by atoms with van der Waals surface area (Å²) >= 11 is 0. The Balaban J connectivity index is 1.78. The van der Waals surface area contributed by atoms with Crippen LogP contribution in [0.3, 0.4) is 0 Å². The fraction of sp³-hybridized carbons (Fsp3) is 0.231. The highest BCUT2D eigenvalue weighted by Crippen LogP contribution is 2.49. The number of non-ortho nitro benzene ring substituents is 1. The smallest absolute Gasteiger partial charge is 0.339 e. The van der Waals surface area contributed by atoms with Crippen LogP contribution < -0.4 is 0 Å². The Labute approximate surface area is 186 Å². The highest BCUT2D eigenvalue weighted by Gasteiger charge is 2.56. The Morgan fingerprint density at radius 3 is 2.03 bits per heavy atom. The Hall–Kier alpha value is -3.80. The number of carbonyl (C=O) groups excluding carboxylic acids is 1. The van der Waals surface area contributed by atoms with E-state index in [1.165, 1.54) is 24.3 Å². The van der Waals surface area contributed by atoms with Crippen molar-refractivity contribution in [1.82, 2.24) is 0 Å². The molecule has 0 fully saturated rings. The van der Waals surface area contributed by atoms with E-state index in [1.807, 2.05) is 81.4 Å². The van der Waals surface area contributed by atoms with Gasteiger partial charge in [-0.25, -0.2) is 4.79 Å². The number of rotatable bonds is 5. The molecule has 1 heterocycles. The molecular weight excluding hydrogens is 404 g/mol. The molecule has 0 spiro atoms. The molecule has 4 rings (SSSR count). The molecule has 2 atom stereocenters. The minimum absolute atomic E-state index is 0.0801. The van der Waals surface area contributed by atoms with E-state index >= 15 is 0 Å². The lowest BCUT2D eigenvalue weighted by Gasteiger charge is -2.37. The fourth-order valence-corrected chi connectivity index (χ4v) is 4.67. The number of aliphatic imine (C=N–C) groups is 1. The second kappa shape index (κ2) is 8.04. The lowest BCUT2D eigenvalue weighted by atomic mass is 9.72. The first-order valence-corrected chi connectivity index (χ1v) is 10.4. The molecule has 0 unspecified atom stereocenters. The maximum Gasteiger partial charge on any atom is 0.339 e. The summed E-state index contributed by atoms with van der Waals surface area (Å²) in [5.41, 5.74) is 1.20. The van der Waals surface area contributed by atoms with Gasteiger partial charge in [0.2, 0.25) is 0 Å². The van der Waals surface area contributed by atoms with Gasteiger partial charge in [0.05, 0.1) is 27.7 Å². The molecule has 32 heavy (non-hydrogen) atoms. The lowest BCUT2D eigenvalue weighted by Crippen LogP contribution is -2.46. The Morgan fingerprint density at radius 2 is 1.47 bits per heavy atom. The van der Waals surface area contributed by atoms with Crippen molar-refractivity contribution in [3.05, 3.63) is 112 Å². The zero-order valence-corrected chi connectivity index (χ0v) is 18.2. The zero-order valence-electron chi connectivity index (χ0n) is 18.2. The van der Waals surface area contributed by atoms with Crippen LogP contribution in [0.4, 0.5) is 5.69 Å². The molecule has 0 bridgehead atoms. The Morgan fingerprint density at radius 1 is 0.906 bits per heavy atom. The molecule has 1 aliphatic rings. The molecule has 3 aromatic carbocycles. The highest BCUT2D eigenvalue weighted by molar-refractivity contribution is 6.10. The third-order valence-electron chi connectivity index (χ3n) is 5.93. The number of benzene rings is 3. The molecule has 3 aromatic rings. The van der Waals surface area contributed by atoms with Crippen molar-refractivity contribution in [3.63, 3.8) is 0 Å². The summed E-state index contributed by atoms with van der Waals surface area (Å²) in [7, 11) is 0. The van der Waals surface area contributed by atoms with Crippen molar-refractivity contribution >= 4 is 17.4 Å². The summed E-state index contributed by atoms with van der Waals surface area (Å²) < 4.78 is 6.22. The average Bonchev–Trinajstić information content (AvgIpc) is 3.00. The third kappa shape index (κ3) is 3.80. The maximum atomic E-state index is 13.2. The van der Waals surface area contributed by atoms with Crippen LogP contribution in [-0.2, 0) is 4.74 Å². The van der Waals surface area contributed by atoms with Gasteiger partial charge in [-0.05, 0) is 44.0 Å². The van der Waals surface area contributed by atoms with Crippen molar-refractivity contribution in [2.45, 2.75) is 37.8 Å². The van der Waals surface area contributed by atoms with Gasteiger partial charge in [-0.3, -0.25) is 15.1 Å². The van der Waals surface area contributed by atoms with Gasteiger partial charge >= 0.3 is 5.97 Å². The number of nitrogens with zero attached hydrogens (tertiary/aromatic N) is 2. The van der Waals surface area contributed by atoms with E-state index in [2.05, 4.69) is 0 Å². The Bertz CT molecular complexity index is 1170. The van der Waals surface area contributed by atoms with Gasteiger partial charge in [0.1, 0.15) is 0 Å². The standard InChI is InChI=1S/C26H24N2O4/c1-25(2)22(18-10-6-4-7-11-18)26(3,23(27-25)19-12-8-5-9-13-19)32-24(29)20-14-16-21(17-15-20)28(30)31/h4-17,22H,1-3H3/t22-,26+/m1/s1. The van der Waals surface area contributed by atoms with Gasteiger partial charge in [0.25, 0.3) is 5.69 Å². The molecule has 0 radical (unpaired) electrons. The number of nitro benzene ring substituents is 1. The first-order valence-electron chi connectivity index (χ1n) is 10.4. The summed E-state index contributed by atoms with van der Waals surface area (Å²) in [6, 6.07) is 25.1. The van der Waals surface area contributed by atoms with Crippen LogP contribution in [0.1, 0.15) is 48.2 Å². The van der Waals surface area contributed by atoms with E-state index in [1.54, 1.807) is 0 Å². The van der Waals surface area contributed by atoms with E-state index in [4.69, 9.17) is 9.73 Å². The SMILES string of the molecule is CC1(C)N=C(c2ccccc2)[C@@](C)(OC(=O)c2ccc([N+](=O)[O-])cc2)[C@@H]1c1ccccc1. The van der Waals surface area contributed by atoms with Gasteiger partial charge in [-0.2, -0.15) is 0 Å². The topological polar surface area (TPSA) is 81.8 Å². The van der Waals surface area contributed by atoms with Gasteiger partial charge in [0.15, 0.2) is 5.60 Å². The van der Waals surface area contributed by atoms with Crippen molar-refractivity contribution in [1.29, 1.82) is 0 Å². The predicted molar refractivity (Wildman–Crippen MR) is 123 cm³/mol. The molecule has 6 heteroatoms. The first kappa shape index (κ1) is 21.4. The van der Waals surface area contributed by atoms with Gasteiger partial charge in [-0.15, -0.1) is 0 Å². The van der Waals surface area contributed by atoms with Crippen LogP contribution in [0.25, 0.3) is 0 Å². The van der Waals surface area contributed by atoms with E-state index < -0.39 is 22.0 Å². The summed E-state index contributed by atoms with van der Waals surface area (Å²) in [4.78, 5) is 28.7. The van der Waals surface area contributed by atoms with Crippen molar-refractivity contribution < 1.29 is 14.5 Å². The van der Waals surface area contributed by atoms with Gasteiger partial charge < -0.3 is 4.74 Å². The number of carbonyl (C=O) groups is 1. The minimum Gasteiger partial charge on any atom is -0.448 e. The molecule has 0 saturated carbocycles. The number of nitro groups is 1. The lowest BCUT2D eigenvalue weighted by molar-refractivity contribution is -0.384. The van der Waals surface area contributed by atoms with Crippen LogP contribution in [-0.4, -0.2) is 27.7 Å². The summed E-state index contributed by atoms with van der Waals surface area (Å²) in [6.07, 6.45) is 0. The second-order valence-electron chi connectivity index (χ2n) is 8.62. The Kier molecular flexibility index (Phi) is 5.38. The summed E-state index contributed by atoms with van der Waals surface area (Å²) in [5, 5.41) is 11.0. The number of ether oxygens (including phenoxy) is 1. The van der Waals surface area contributed by atoms with Crippen LogP contribution >= 0.6 is 0 Å². The molecule has 0 N–H and O–H groups in total. The van der Waals surface area contributed by atoms with Gasteiger partial charge in [0, 0.05) is 12.1 Å². The largest absolute Gasteiger partial charge is 0.448 e. The third-order valence-corrected chi connectivity index (χ3v) is 5.93. The van der Waals surface area contributed by atoms with E-state index in [9.17, 15) is 14.9 Å². The highest BCUT2D eigenvalue weighted by atomic mass is 16.6. The summed E-state index contributed by atoms with van der Waals surface area (Å²) in [6.45, 7) is 5.98. The number of hydrogen-bond donors (Lipinski definition) is 0. The predicted octanol–water partition coefficient (Wildman–Crippen LogP) is 5.58. The maximum absolute atomic E-state index is 13.2. The van der Waals surface area contributed by atoms with Crippen LogP contribution in [0.5, 0.6) is 0 Å². The zero-order chi connectivity index (χ0) is 22.9. The second-order valence-corrected chi connectivity index (χ2v) is 8.62. The molecule has 1 aliphatic heterocycles.